The molecule has 0 aliphatic carbocycles. The summed E-state index contributed by atoms with van der Waals surface area (Å²) in [7, 11) is 1.58. The highest BCUT2D eigenvalue weighted by Gasteiger charge is 2.11. The number of nitrogens with two attached hydrogens (primary N) is 1. The predicted octanol–water partition coefficient (Wildman–Crippen LogP) is 2.36. The maximum Gasteiger partial charge on any atom is 0.248 e. The van der Waals surface area contributed by atoms with Gasteiger partial charge in [-0.2, -0.15) is 0 Å². The number of amides is 1. The summed E-state index contributed by atoms with van der Waals surface area (Å²) in [6.07, 6.45) is 3.48. The number of anilines is 1. The number of carbonyl (C=O) groups excluding carboxylic acids is 1. The fourth-order valence-corrected chi connectivity index (χ4v) is 1.94. The van der Waals surface area contributed by atoms with Gasteiger partial charge in [0.05, 0.1) is 12.8 Å². The van der Waals surface area contributed by atoms with Crippen molar-refractivity contribution in [2.45, 2.75) is 13.0 Å². The number of hydrogen-bond donors (Lipinski definition) is 2. The SMILES string of the molecule is COc1ccc(C(N)=O)cc1NC(C)c1ccncc1. The fourth-order valence-electron chi connectivity index (χ4n) is 1.94. The lowest BCUT2D eigenvalue weighted by Gasteiger charge is -2.18. The van der Waals surface area contributed by atoms with Gasteiger partial charge in [-0.25, -0.2) is 0 Å². The van der Waals surface area contributed by atoms with Gasteiger partial charge in [0, 0.05) is 24.0 Å². The molecule has 2 aromatic rings. The molecule has 0 saturated heterocycles. The first kappa shape index (κ1) is 13.9. The Labute approximate surface area is 117 Å². The Morgan fingerprint density at radius 3 is 2.60 bits per heavy atom. The smallest absolute Gasteiger partial charge is 0.248 e. The van der Waals surface area contributed by atoms with E-state index in [1.807, 2.05) is 19.1 Å². The van der Waals surface area contributed by atoms with Gasteiger partial charge in [-0.15, -0.1) is 0 Å². The molecule has 0 aliphatic rings. The van der Waals surface area contributed by atoms with Crippen molar-refractivity contribution in [1.82, 2.24) is 4.98 Å². The monoisotopic (exact) mass is 271 g/mol. The zero-order chi connectivity index (χ0) is 14.5. The van der Waals surface area contributed by atoms with Crippen molar-refractivity contribution in [3.05, 3.63) is 53.9 Å². The molecule has 1 atom stereocenters. The van der Waals surface area contributed by atoms with Crippen molar-refractivity contribution in [2.24, 2.45) is 5.73 Å². The number of carbonyl (C=O) groups is 1. The van der Waals surface area contributed by atoms with Crippen LogP contribution in [0.1, 0.15) is 28.9 Å². The number of hydrogen-bond acceptors (Lipinski definition) is 4. The van der Waals surface area contributed by atoms with Crippen LogP contribution in [0.2, 0.25) is 0 Å². The second-order valence-electron chi connectivity index (χ2n) is 4.43. The van der Waals surface area contributed by atoms with Gasteiger partial charge in [0.2, 0.25) is 5.91 Å². The summed E-state index contributed by atoms with van der Waals surface area (Å²) < 4.78 is 5.29. The first-order chi connectivity index (χ1) is 9.61. The van der Waals surface area contributed by atoms with Crippen LogP contribution in [0.3, 0.4) is 0 Å². The number of nitrogens with zero attached hydrogens (tertiary/aromatic N) is 1. The topological polar surface area (TPSA) is 77.2 Å². The van der Waals surface area contributed by atoms with Crippen LogP contribution in [-0.2, 0) is 0 Å². The van der Waals surface area contributed by atoms with Crippen LogP contribution in [0.25, 0.3) is 0 Å². The molecular formula is C15H17N3O2. The molecule has 0 spiro atoms. The van der Waals surface area contributed by atoms with E-state index in [1.54, 1.807) is 37.7 Å². The maximum absolute atomic E-state index is 11.3. The molecule has 5 heteroatoms. The summed E-state index contributed by atoms with van der Waals surface area (Å²) in [4.78, 5) is 15.2. The van der Waals surface area contributed by atoms with Crippen LogP contribution in [-0.4, -0.2) is 18.0 Å². The highest BCUT2D eigenvalue weighted by molar-refractivity contribution is 5.94. The van der Waals surface area contributed by atoms with Crippen LogP contribution in [0.4, 0.5) is 5.69 Å². The standard InChI is InChI=1S/C15H17N3O2/c1-10(11-5-7-17-8-6-11)18-13-9-12(15(16)19)3-4-14(13)20-2/h3-10,18H,1-2H3,(H2,16,19). The first-order valence-corrected chi connectivity index (χ1v) is 6.26. The van der Waals surface area contributed by atoms with Crippen molar-refractivity contribution in [3.8, 4) is 5.75 Å². The minimum absolute atomic E-state index is 0.0510. The molecule has 1 unspecified atom stereocenters. The molecule has 0 fully saturated rings. The third-order valence-electron chi connectivity index (χ3n) is 3.06. The lowest BCUT2D eigenvalue weighted by Crippen LogP contribution is -2.13. The van der Waals surface area contributed by atoms with Crippen molar-refractivity contribution in [1.29, 1.82) is 0 Å². The average Bonchev–Trinajstić information content (AvgIpc) is 2.48. The Hall–Kier alpha value is -2.56. The fraction of sp³-hybridized carbons (Fsp3) is 0.200. The van der Waals surface area contributed by atoms with Crippen LogP contribution in [0, 0.1) is 0 Å². The van der Waals surface area contributed by atoms with E-state index in [1.165, 1.54) is 0 Å². The lowest BCUT2D eigenvalue weighted by molar-refractivity contribution is 0.100. The quantitative estimate of drug-likeness (QED) is 0.875. The largest absolute Gasteiger partial charge is 0.495 e. The van der Waals surface area contributed by atoms with E-state index >= 15 is 0 Å². The van der Waals surface area contributed by atoms with Gasteiger partial charge in [-0.05, 0) is 42.8 Å². The summed E-state index contributed by atoms with van der Waals surface area (Å²) in [6.45, 7) is 2.02. The van der Waals surface area contributed by atoms with Crippen LogP contribution in [0.5, 0.6) is 5.75 Å². The van der Waals surface area contributed by atoms with Crippen molar-refractivity contribution < 1.29 is 9.53 Å². The molecule has 3 N–H and O–H groups in total. The molecule has 2 rings (SSSR count). The molecule has 0 bridgehead atoms. The number of benzene rings is 1. The van der Waals surface area contributed by atoms with Crippen LogP contribution < -0.4 is 15.8 Å². The average molecular weight is 271 g/mol. The number of ether oxygens (including phenoxy) is 1. The number of primary amides is 1. The van der Waals surface area contributed by atoms with E-state index in [9.17, 15) is 4.79 Å². The van der Waals surface area contributed by atoms with Gasteiger partial charge in [-0.1, -0.05) is 0 Å². The van der Waals surface area contributed by atoms with Gasteiger partial charge < -0.3 is 15.8 Å². The Balaban J connectivity index is 2.27. The summed E-state index contributed by atoms with van der Waals surface area (Å²) in [6, 6.07) is 8.98. The minimum atomic E-state index is -0.465. The Bertz CT molecular complexity index is 599. The maximum atomic E-state index is 11.3. The van der Waals surface area contributed by atoms with Crippen LogP contribution in [0.15, 0.2) is 42.7 Å². The molecule has 1 amide bonds. The molecular weight excluding hydrogens is 254 g/mol. The number of pyridine rings is 1. The molecule has 1 heterocycles. The van der Waals surface area contributed by atoms with Crippen LogP contribution >= 0.6 is 0 Å². The highest BCUT2D eigenvalue weighted by Crippen LogP contribution is 2.29. The van der Waals surface area contributed by atoms with Crippen molar-refractivity contribution >= 4 is 11.6 Å². The molecule has 5 nitrogen and oxygen atoms in total. The normalized spacial score (nSPS) is 11.7. The summed E-state index contributed by atoms with van der Waals surface area (Å²) in [5, 5.41) is 3.31. The zero-order valence-corrected chi connectivity index (χ0v) is 11.5. The van der Waals surface area contributed by atoms with Gasteiger partial charge in [0.15, 0.2) is 0 Å². The molecule has 104 valence electrons. The van der Waals surface area contributed by atoms with E-state index in [-0.39, 0.29) is 6.04 Å². The van der Waals surface area contributed by atoms with Gasteiger partial charge in [0.1, 0.15) is 5.75 Å². The number of nitrogens with one attached hydrogen (secondary N) is 1. The van der Waals surface area contributed by atoms with E-state index in [0.717, 1.165) is 11.3 Å². The Morgan fingerprint density at radius 1 is 1.30 bits per heavy atom. The second kappa shape index (κ2) is 6.06. The Kier molecular flexibility index (Phi) is 4.20. The molecule has 0 radical (unpaired) electrons. The summed E-state index contributed by atoms with van der Waals surface area (Å²) in [5.74, 6) is 0.197. The van der Waals surface area contributed by atoms with E-state index in [2.05, 4.69) is 10.3 Å². The molecule has 20 heavy (non-hydrogen) atoms. The highest BCUT2D eigenvalue weighted by atomic mass is 16.5. The summed E-state index contributed by atoms with van der Waals surface area (Å²) >= 11 is 0. The lowest BCUT2D eigenvalue weighted by atomic mass is 10.1. The predicted molar refractivity (Wildman–Crippen MR) is 77.8 cm³/mol. The van der Waals surface area contributed by atoms with Crippen molar-refractivity contribution in [2.75, 3.05) is 12.4 Å². The van der Waals surface area contributed by atoms with Crippen molar-refractivity contribution in [3.63, 3.8) is 0 Å². The Morgan fingerprint density at radius 2 is 2.00 bits per heavy atom. The number of aromatic nitrogens is 1. The number of methoxy groups -OCH3 is 1. The van der Waals surface area contributed by atoms with Gasteiger partial charge in [-0.3, -0.25) is 9.78 Å². The molecule has 1 aromatic heterocycles. The third-order valence-corrected chi connectivity index (χ3v) is 3.06. The van der Waals surface area contributed by atoms with Gasteiger partial charge >= 0.3 is 0 Å². The van der Waals surface area contributed by atoms with E-state index < -0.39 is 5.91 Å². The zero-order valence-electron chi connectivity index (χ0n) is 11.5. The molecule has 0 saturated carbocycles. The molecule has 0 aliphatic heterocycles. The first-order valence-electron chi connectivity index (χ1n) is 6.26. The third kappa shape index (κ3) is 3.06. The van der Waals surface area contributed by atoms with Gasteiger partial charge in [0.25, 0.3) is 0 Å². The second-order valence-corrected chi connectivity index (χ2v) is 4.43. The molecule has 1 aromatic carbocycles. The van der Waals surface area contributed by atoms with E-state index in [4.69, 9.17) is 10.5 Å². The summed E-state index contributed by atoms with van der Waals surface area (Å²) in [5.41, 5.74) is 7.56. The minimum Gasteiger partial charge on any atom is -0.495 e. The number of rotatable bonds is 5. The van der Waals surface area contributed by atoms with E-state index in [0.29, 0.717) is 11.3 Å².